The Hall–Kier alpha value is -1.94. The third-order valence-electron chi connectivity index (χ3n) is 17.0. The predicted molar refractivity (Wildman–Crippen MR) is 372 cm³/mol. The van der Waals surface area contributed by atoms with E-state index < -0.39 is 97.5 Å². The number of unbranched alkanes of at least 4 members (excludes halogenated alkanes) is 42. The van der Waals surface area contributed by atoms with Crippen LogP contribution in [0.25, 0.3) is 0 Å². The van der Waals surface area contributed by atoms with Gasteiger partial charge in [0.2, 0.25) is 0 Å². The molecular weight excluding hydrogens is 1210 g/mol. The summed E-state index contributed by atoms with van der Waals surface area (Å²) in [5.74, 6) is -0.778. The van der Waals surface area contributed by atoms with Gasteiger partial charge in [-0.05, 0) is 37.5 Å². The highest BCUT2D eigenvalue weighted by molar-refractivity contribution is 7.47. The number of esters is 4. The highest BCUT2D eigenvalue weighted by Gasteiger charge is 2.30. The lowest BCUT2D eigenvalue weighted by Gasteiger charge is -2.21. The lowest BCUT2D eigenvalue weighted by Crippen LogP contribution is -2.30. The lowest BCUT2D eigenvalue weighted by molar-refractivity contribution is -0.161. The Kier molecular flexibility index (Phi) is 63.7. The Morgan fingerprint density at radius 3 is 0.739 bits per heavy atom. The van der Waals surface area contributed by atoms with Crippen LogP contribution in [0.2, 0.25) is 0 Å². The predicted octanol–water partition coefficient (Wildman–Crippen LogP) is 21.2. The van der Waals surface area contributed by atoms with E-state index in [9.17, 15) is 43.2 Å². The van der Waals surface area contributed by atoms with Crippen LogP contribution in [0, 0.1) is 11.8 Å². The fraction of sp³-hybridized carbons (Fsp3) is 0.945. The van der Waals surface area contributed by atoms with Gasteiger partial charge in [0.05, 0.1) is 26.4 Å². The third kappa shape index (κ3) is 66.7. The van der Waals surface area contributed by atoms with Crippen molar-refractivity contribution in [3.63, 3.8) is 0 Å². The maximum absolute atomic E-state index is 13.1. The molecule has 0 aromatic rings. The van der Waals surface area contributed by atoms with Gasteiger partial charge in [0.15, 0.2) is 12.2 Å². The molecule has 3 N–H and O–H groups in total. The summed E-state index contributed by atoms with van der Waals surface area (Å²) in [4.78, 5) is 72.6. The summed E-state index contributed by atoms with van der Waals surface area (Å²) in [7, 11) is -9.90. The van der Waals surface area contributed by atoms with Crippen LogP contribution in [0.5, 0.6) is 0 Å². The molecule has 19 heteroatoms. The van der Waals surface area contributed by atoms with E-state index in [0.29, 0.717) is 37.5 Å². The van der Waals surface area contributed by atoms with Gasteiger partial charge in [-0.1, -0.05) is 324 Å². The van der Waals surface area contributed by atoms with Gasteiger partial charge in [-0.2, -0.15) is 0 Å². The van der Waals surface area contributed by atoms with Gasteiger partial charge in [-0.15, -0.1) is 0 Å². The van der Waals surface area contributed by atoms with Crippen molar-refractivity contribution in [2.24, 2.45) is 11.8 Å². The molecule has 0 aromatic heterocycles. The van der Waals surface area contributed by atoms with E-state index in [1.807, 2.05) is 0 Å². The van der Waals surface area contributed by atoms with E-state index >= 15 is 0 Å². The van der Waals surface area contributed by atoms with E-state index in [-0.39, 0.29) is 25.7 Å². The number of carbonyl (C=O) groups excluding carboxylic acids is 4. The van der Waals surface area contributed by atoms with Crippen LogP contribution in [0.3, 0.4) is 0 Å². The highest BCUT2D eigenvalue weighted by atomic mass is 31.2. The first kappa shape index (κ1) is 90.1. The molecule has 0 heterocycles. The number of aliphatic hydroxyl groups is 1. The molecule has 0 aliphatic carbocycles. The molecule has 92 heavy (non-hydrogen) atoms. The van der Waals surface area contributed by atoms with Crippen molar-refractivity contribution >= 4 is 39.5 Å². The number of aliphatic hydroxyl groups excluding tert-OH is 1. The average Bonchev–Trinajstić information content (AvgIpc) is 1.75. The Labute approximate surface area is 562 Å². The summed E-state index contributed by atoms with van der Waals surface area (Å²) in [6, 6.07) is 0. The van der Waals surface area contributed by atoms with Crippen molar-refractivity contribution < 1.29 is 80.2 Å². The number of phosphoric acid groups is 2. The number of ether oxygens (including phenoxy) is 4. The molecule has 5 atom stereocenters. The molecule has 0 aliphatic rings. The molecule has 0 saturated carbocycles. The van der Waals surface area contributed by atoms with Crippen LogP contribution in [0.15, 0.2) is 0 Å². The summed E-state index contributed by atoms with van der Waals surface area (Å²) in [6.45, 7) is 9.39. The minimum absolute atomic E-state index is 0.101. The number of phosphoric ester groups is 2. The van der Waals surface area contributed by atoms with Gasteiger partial charge in [0.25, 0.3) is 0 Å². The first-order chi connectivity index (χ1) is 44.4. The largest absolute Gasteiger partial charge is 0.472 e. The normalized spacial score (nSPS) is 14.1. The third-order valence-corrected chi connectivity index (χ3v) is 18.9. The second kappa shape index (κ2) is 65.0. The van der Waals surface area contributed by atoms with Gasteiger partial charge < -0.3 is 33.8 Å². The summed E-state index contributed by atoms with van der Waals surface area (Å²) < 4.78 is 68.3. The monoisotopic (exact) mass is 1350 g/mol. The fourth-order valence-electron chi connectivity index (χ4n) is 11.1. The van der Waals surface area contributed by atoms with Crippen molar-refractivity contribution in [1.29, 1.82) is 0 Å². The molecule has 0 fully saturated rings. The van der Waals surface area contributed by atoms with Crippen LogP contribution in [0.4, 0.5) is 0 Å². The minimum Gasteiger partial charge on any atom is -0.462 e. The molecule has 0 radical (unpaired) electrons. The van der Waals surface area contributed by atoms with E-state index in [2.05, 4.69) is 41.5 Å². The molecule has 0 amide bonds. The van der Waals surface area contributed by atoms with E-state index in [0.717, 1.165) is 96.3 Å². The molecule has 546 valence electrons. The first-order valence-corrected chi connectivity index (χ1v) is 41.0. The first-order valence-electron chi connectivity index (χ1n) is 38.0. The van der Waals surface area contributed by atoms with E-state index in [4.69, 9.17) is 37.0 Å². The van der Waals surface area contributed by atoms with E-state index in [1.165, 1.54) is 186 Å². The smallest absolute Gasteiger partial charge is 0.462 e. The van der Waals surface area contributed by atoms with Crippen molar-refractivity contribution in [1.82, 2.24) is 0 Å². The quantitative estimate of drug-likeness (QED) is 0.0222. The summed E-state index contributed by atoms with van der Waals surface area (Å²) in [6.07, 6.45) is 51.8. The van der Waals surface area contributed by atoms with Crippen molar-refractivity contribution in [3.8, 4) is 0 Å². The molecule has 0 bridgehead atoms. The van der Waals surface area contributed by atoms with Crippen LogP contribution in [-0.2, 0) is 65.4 Å². The van der Waals surface area contributed by atoms with E-state index in [1.54, 1.807) is 0 Å². The number of rotatable bonds is 72. The zero-order chi connectivity index (χ0) is 67.9. The Morgan fingerprint density at radius 1 is 0.293 bits per heavy atom. The molecule has 0 rings (SSSR count). The molecule has 0 spiro atoms. The molecule has 0 aromatic carbocycles. The number of hydrogen-bond donors (Lipinski definition) is 3. The van der Waals surface area contributed by atoms with Crippen molar-refractivity contribution in [2.75, 3.05) is 39.6 Å². The zero-order valence-electron chi connectivity index (χ0n) is 59.9. The number of carbonyl (C=O) groups is 4. The van der Waals surface area contributed by atoms with Gasteiger partial charge in [-0.25, -0.2) is 9.13 Å². The number of hydrogen-bond acceptors (Lipinski definition) is 15. The van der Waals surface area contributed by atoms with Gasteiger partial charge in [0.1, 0.15) is 19.3 Å². The Balaban J connectivity index is 5.19. The molecule has 0 aliphatic heterocycles. The molecular formula is C73H142O17P2. The Morgan fingerprint density at radius 2 is 0.500 bits per heavy atom. The molecule has 17 nitrogen and oxygen atoms in total. The SMILES string of the molecule is CCCCCCCCCCCCCCCCCCCCCC(=O)O[C@H](COC(=O)CCCCCCCCCCCCCCCCC)COP(=O)(O)OC[C@@H](O)COP(=O)(O)OC[C@@H](COC(=O)CCCCCCCCC(C)C)OC(=O)CCCCCCCCC(C)C. The second-order valence-corrected chi connectivity index (χ2v) is 30.2. The second-order valence-electron chi connectivity index (χ2n) is 27.3. The fourth-order valence-corrected chi connectivity index (χ4v) is 12.7. The van der Waals surface area contributed by atoms with Crippen molar-refractivity contribution in [3.05, 3.63) is 0 Å². The molecule has 2 unspecified atom stereocenters. The summed E-state index contributed by atoms with van der Waals surface area (Å²) in [5, 5.41) is 10.6. The molecule has 0 saturated heterocycles. The lowest BCUT2D eigenvalue weighted by atomic mass is 10.0. The Bertz CT molecular complexity index is 1790. The summed E-state index contributed by atoms with van der Waals surface area (Å²) >= 11 is 0. The van der Waals surface area contributed by atoms with Gasteiger partial charge in [-0.3, -0.25) is 37.3 Å². The highest BCUT2D eigenvalue weighted by Crippen LogP contribution is 2.45. The maximum Gasteiger partial charge on any atom is 0.472 e. The van der Waals surface area contributed by atoms with Crippen LogP contribution >= 0.6 is 15.6 Å². The maximum atomic E-state index is 13.1. The summed E-state index contributed by atoms with van der Waals surface area (Å²) in [5.41, 5.74) is 0. The topological polar surface area (TPSA) is 237 Å². The van der Waals surface area contributed by atoms with Crippen LogP contribution in [-0.4, -0.2) is 96.7 Å². The van der Waals surface area contributed by atoms with Crippen molar-refractivity contribution in [2.45, 2.75) is 394 Å². The average molecular weight is 1350 g/mol. The minimum atomic E-state index is -4.95. The van der Waals surface area contributed by atoms with Gasteiger partial charge >= 0.3 is 39.5 Å². The standard InChI is InChI=1S/C73H142O17P2/c1-7-9-11-13-15-17-19-21-23-24-25-26-28-30-32-34-36-45-51-57-72(77)89-68(61-83-70(75)55-49-43-35-33-31-29-27-22-20-18-16-14-12-10-8-2)63-87-91(79,80)85-59-67(74)60-86-92(81,82)88-64-69(90-73(78)58-52-46-40-38-42-48-54-66(5)6)62-84-71(76)56-50-44-39-37-41-47-53-65(3)4/h65-69,74H,7-64H2,1-6H3,(H,79,80)(H,81,82)/t67-,68-,69-/m1/s1. The van der Waals surface area contributed by atoms with Crippen LogP contribution in [0.1, 0.15) is 375 Å². The zero-order valence-corrected chi connectivity index (χ0v) is 61.6. The van der Waals surface area contributed by atoms with Crippen LogP contribution < -0.4 is 0 Å². The van der Waals surface area contributed by atoms with Gasteiger partial charge in [0, 0.05) is 25.7 Å².